The molecule has 10 heteroatoms. The van der Waals surface area contributed by atoms with Gasteiger partial charge in [-0.25, -0.2) is 14.8 Å². The minimum atomic E-state index is -4.37. The van der Waals surface area contributed by atoms with Crippen LogP contribution in [-0.2, 0) is 22.8 Å². The maximum atomic E-state index is 12.9. The van der Waals surface area contributed by atoms with Crippen molar-refractivity contribution in [2.24, 2.45) is 0 Å². The summed E-state index contributed by atoms with van der Waals surface area (Å²) in [7, 11) is 0. The van der Waals surface area contributed by atoms with Crippen LogP contribution < -0.4 is 5.32 Å². The number of carboxylic acids is 1. The Bertz CT molecular complexity index is 1790. The summed E-state index contributed by atoms with van der Waals surface area (Å²) in [4.78, 5) is 35.2. The lowest BCUT2D eigenvalue weighted by Gasteiger charge is -2.16. The lowest BCUT2D eigenvalue weighted by molar-refractivity contribution is -0.139. The summed E-state index contributed by atoms with van der Waals surface area (Å²) in [5.74, 6) is -1.05. The summed E-state index contributed by atoms with van der Waals surface area (Å²) in [6, 6.07) is 22.1. The van der Waals surface area contributed by atoms with E-state index in [9.17, 15) is 27.9 Å². The molecule has 3 aromatic carbocycles. The first-order chi connectivity index (χ1) is 21.3. The van der Waals surface area contributed by atoms with Crippen LogP contribution >= 0.6 is 11.3 Å². The molecular formula is C35H30F3N3O3S. The van der Waals surface area contributed by atoms with Gasteiger partial charge < -0.3 is 10.4 Å². The number of benzene rings is 3. The number of hydrogen-bond donors (Lipinski definition) is 2. The highest BCUT2D eigenvalue weighted by Gasteiger charge is 2.30. The first kappa shape index (κ1) is 31.6. The van der Waals surface area contributed by atoms with Gasteiger partial charge in [0.1, 0.15) is 6.04 Å². The van der Waals surface area contributed by atoms with E-state index >= 15 is 0 Å². The maximum absolute atomic E-state index is 12.9. The molecule has 0 saturated carbocycles. The van der Waals surface area contributed by atoms with Gasteiger partial charge in [0.05, 0.1) is 10.4 Å². The monoisotopic (exact) mass is 629 g/mol. The molecule has 6 nitrogen and oxygen atoms in total. The average molecular weight is 630 g/mol. The van der Waals surface area contributed by atoms with Crippen LogP contribution in [0.5, 0.6) is 0 Å². The molecule has 0 aliphatic carbocycles. The van der Waals surface area contributed by atoms with E-state index in [2.05, 4.69) is 36.1 Å². The standard InChI is InChI=1S/C35H30F3N3O3S/c1-34(2,3)30-17-16-29(45-30)32(42)41-28(33(43)44)18-21-4-6-25(7-5-21)31-39-19-26(20-40-31)24-10-8-22(9-11-24)23-12-14-27(15-13-23)35(36,37)38/h4-17,19-20,28H,18H2,1-3H3,(H,41,42)(H,43,44)/t28-/m0/s1. The van der Waals surface area contributed by atoms with Gasteiger partial charge in [-0.1, -0.05) is 81.4 Å². The molecule has 2 N–H and O–H groups in total. The molecule has 0 radical (unpaired) electrons. The van der Waals surface area contributed by atoms with Crippen LogP contribution in [-0.4, -0.2) is 33.0 Å². The molecule has 230 valence electrons. The van der Waals surface area contributed by atoms with E-state index in [1.807, 2.05) is 30.3 Å². The van der Waals surface area contributed by atoms with Gasteiger partial charge in [-0.2, -0.15) is 13.2 Å². The van der Waals surface area contributed by atoms with Crippen LogP contribution in [0.25, 0.3) is 33.6 Å². The third kappa shape index (κ3) is 7.64. The van der Waals surface area contributed by atoms with E-state index in [0.717, 1.165) is 44.8 Å². The van der Waals surface area contributed by atoms with Gasteiger partial charge in [0.2, 0.25) is 0 Å². The Morgan fingerprint density at radius 1 is 0.756 bits per heavy atom. The van der Waals surface area contributed by atoms with E-state index in [1.54, 1.807) is 42.7 Å². The van der Waals surface area contributed by atoms with E-state index in [4.69, 9.17) is 0 Å². The molecule has 2 heterocycles. The summed E-state index contributed by atoms with van der Waals surface area (Å²) < 4.78 is 38.6. The van der Waals surface area contributed by atoms with Crippen molar-refractivity contribution in [2.75, 3.05) is 0 Å². The number of alkyl halides is 3. The molecule has 0 aliphatic heterocycles. The second kappa shape index (κ2) is 12.6. The van der Waals surface area contributed by atoms with Gasteiger partial charge in [0.15, 0.2) is 5.82 Å². The van der Waals surface area contributed by atoms with Gasteiger partial charge >= 0.3 is 12.1 Å². The molecule has 5 rings (SSSR count). The number of carbonyl (C=O) groups is 2. The van der Waals surface area contributed by atoms with Gasteiger partial charge in [-0.05, 0) is 51.9 Å². The second-order valence-electron chi connectivity index (χ2n) is 11.6. The summed E-state index contributed by atoms with van der Waals surface area (Å²) in [5, 5.41) is 12.4. The highest BCUT2D eigenvalue weighted by atomic mass is 32.1. The van der Waals surface area contributed by atoms with Crippen LogP contribution in [0.15, 0.2) is 97.3 Å². The number of hydrogen-bond acceptors (Lipinski definition) is 5. The third-order valence-electron chi connectivity index (χ3n) is 7.24. The minimum Gasteiger partial charge on any atom is -0.480 e. The quantitative estimate of drug-likeness (QED) is 0.180. The molecular weight excluding hydrogens is 599 g/mol. The van der Waals surface area contributed by atoms with Crippen molar-refractivity contribution >= 4 is 23.2 Å². The zero-order chi connectivity index (χ0) is 32.4. The van der Waals surface area contributed by atoms with Gasteiger partial charge in [-0.15, -0.1) is 11.3 Å². The van der Waals surface area contributed by atoms with Gasteiger partial charge in [0.25, 0.3) is 5.91 Å². The number of aromatic nitrogens is 2. The zero-order valence-corrected chi connectivity index (χ0v) is 25.5. The Balaban J connectivity index is 1.22. The van der Waals surface area contributed by atoms with E-state index in [1.165, 1.54) is 23.5 Å². The van der Waals surface area contributed by atoms with Crippen LogP contribution in [0.4, 0.5) is 13.2 Å². The van der Waals surface area contributed by atoms with E-state index < -0.39 is 29.7 Å². The Kier molecular flexibility index (Phi) is 8.88. The largest absolute Gasteiger partial charge is 0.480 e. The number of aliphatic carboxylic acids is 1. The molecule has 0 bridgehead atoms. The normalized spacial score (nSPS) is 12.5. The van der Waals surface area contributed by atoms with E-state index in [-0.39, 0.29) is 11.8 Å². The average Bonchev–Trinajstić information content (AvgIpc) is 3.53. The summed E-state index contributed by atoms with van der Waals surface area (Å²) in [6.45, 7) is 6.16. The molecule has 1 atom stereocenters. The molecule has 5 aromatic rings. The Morgan fingerprint density at radius 3 is 1.76 bits per heavy atom. The number of rotatable bonds is 8. The summed E-state index contributed by atoms with van der Waals surface area (Å²) >= 11 is 1.36. The second-order valence-corrected chi connectivity index (χ2v) is 12.7. The van der Waals surface area contributed by atoms with Crippen LogP contribution in [0.1, 0.15) is 46.4 Å². The smallest absolute Gasteiger partial charge is 0.416 e. The molecule has 45 heavy (non-hydrogen) atoms. The lowest BCUT2D eigenvalue weighted by atomic mass is 9.95. The first-order valence-corrected chi connectivity index (χ1v) is 14.9. The predicted molar refractivity (Wildman–Crippen MR) is 169 cm³/mol. The van der Waals surface area contributed by atoms with Crippen molar-refractivity contribution in [3.8, 4) is 33.6 Å². The van der Waals surface area contributed by atoms with Crippen molar-refractivity contribution < 1.29 is 27.9 Å². The van der Waals surface area contributed by atoms with E-state index in [0.29, 0.717) is 16.3 Å². The number of nitrogens with zero attached hydrogens (tertiary/aromatic N) is 2. The fourth-order valence-corrected chi connectivity index (χ4v) is 5.62. The van der Waals surface area contributed by atoms with Gasteiger partial charge in [0, 0.05) is 34.8 Å². The highest BCUT2D eigenvalue weighted by molar-refractivity contribution is 7.14. The molecule has 0 unspecified atom stereocenters. The summed E-state index contributed by atoms with van der Waals surface area (Å²) in [6.07, 6.45) is -0.883. The molecule has 1 amide bonds. The SMILES string of the molecule is CC(C)(C)c1ccc(C(=O)N[C@@H](Cc2ccc(-c3ncc(-c4ccc(-c5ccc(C(F)(F)F)cc5)cc4)cn3)cc2)C(=O)O)s1. The number of carboxylic acid groups (broad SMARTS) is 1. The molecule has 2 aromatic heterocycles. The predicted octanol–water partition coefficient (Wildman–Crippen LogP) is 8.28. The fourth-order valence-electron chi connectivity index (χ4n) is 4.65. The number of thiophene rings is 1. The Labute approximate surface area is 262 Å². The van der Waals surface area contributed by atoms with Crippen LogP contribution in [0.3, 0.4) is 0 Å². The summed E-state index contributed by atoms with van der Waals surface area (Å²) in [5.41, 5.74) is 3.78. The topological polar surface area (TPSA) is 92.2 Å². The van der Waals surface area contributed by atoms with Crippen molar-refractivity contribution in [1.82, 2.24) is 15.3 Å². The van der Waals surface area contributed by atoms with Crippen molar-refractivity contribution in [3.63, 3.8) is 0 Å². The first-order valence-electron chi connectivity index (χ1n) is 14.1. The number of nitrogens with one attached hydrogen (secondary N) is 1. The fraction of sp³-hybridized carbons (Fsp3) is 0.200. The molecule has 0 spiro atoms. The van der Waals surface area contributed by atoms with Crippen molar-refractivity contribution in [3.05, 3.63) is 118 Å². The molecule has 0 aliphatic rings. The van der Waals surface area contributed by atoms with Crippen LogP contribution in [0, 0.1) is 0 Å². The number of amides is 1. The van der Waals surface area contributed by atoms with Crippen molar-refractivity contribution in [2.45, 2.75) is 44.8 Å². The van der Waals surface area contributed by atoms with Gasteiger partial charge in [-0.3, -0.25) is 4.79 Å². The Morgan fingerprint density at radius 2 is 1.27 bits per heavy atom. The molecule has 0 saturated heterocycles. The number of carbonyl (C=O) groups excluding carboxylic acids is 1. The Hall–Kier alpha value is -4.83. The maximum Gasteiger partial charge on any atom is 0.416 e. The van der Waals surface area contributed by atoms with Crippen molar-refractivity contribution in [1.29, 1.82) is 0 Å². The van der Waals surface area contributed by atoms with Crippen LogP contribution in [0.2, 0.25) is 0 Å². The highest BCUT2D eigenvalue weighted by Crippen LogP contribution is 2.32. The molecule has 0 fully saturated rings. The zero-order valence-electron chi connectivity index (χ0n) is 24.7. The minimum absolute atomic E-state index is 0.103. The lowest BCUT2D eigenvalue weighted by Crippen LogP contribution is -2.42. The third-order valence-corrected chi connectivity index (χ3v) is 8.75. The number of halogens is 3.